The van der Waals surface area contributed by atoms with Crippen molar-refractivity contribution in [2.75, 3.05) is 6.61 Å². The van der Waals surface area contributed by atoms with Gasteiger partial charge >= 0.3 is 6.18 Å². The van der Waals surface area contributed by atoms with Gasteiger partial charge in [0.05, 0.1) is 11.8 Å². The molecule has 0 bridgehead atoms. The summed E-state index contributed by atoms with van der Waals surface area (Å²) in [7, 11) is 0. The molecule has 1 N–H and O–H groups in total. The number of hydrazone groups is 1. The third kappa shape index (κ3) is 7.32. The Morgan fingerprint density at radius 2 is 1.72 bits per heavy atom. The summed E-state index contributed by atoms with van der Waals surface area (Å²) in [6.07, 6.45) is -3.14. The number of benzene rings is 3. The van der Waals surface area contributed by atoms with Gasteiger partial charge in [0.1, 0.15) is 5.75 Å². The number of carbonyl (C=O) groups is 1. The molecule has 0 atom stereocenters. The molecule has 0 saturated carbocycles. The number of rotatable bonds is 8. The van der Waals surface area contributed by atoms with E-state index in [1.54, 1.807) is 17.8 Å². The lowest BCUT2D eigenvalue weighted by molar-refractivity contribution is -0.137. The molecule has 0 spiro atoms. The van der Waals surface area contributed by atoms with E-state index in [0.717, 1.165) is 22.6 Å². The third-order valence-electron chi connectivity index (χ3n) is 4.18. The van der Waals surface area contributed by atoms with Crippen LogP contribution < -0.4 is 10.2 Å². The Bertz CT molecular complexity index is 1070. The molecule has 166 valence electrons. The van der Waals surface area contributed by atoms with Crippen molar-refractivity contribution in [1.82, 2.24) is 5.43 Å². The second kappa shape index (κ2) is 11.1. The molecule has 3 aromatic carbocycles. The van der Waals surface area contributed by atoms with Crippen molar-refractivity contribution in [3.8, 4) is 5.75 Å². The molecule has 0 aliphatic heterocycles. The highest BCUT2D eigenvalue weighted by molar-refractivity contribution is 7.98. The van der Waals surface area contributed by atoms with E-state index < -0.39 is 17.6 Å². The zero-order valence-electron chi connectivity index (χ0n) is 16.6. The number of amides is 1. The van der Waals surface area contributed by atoms with E-state index in [4.69, 9.17) is 16.3 Å². The molecule has 0 radical (unpaired) electrons. The number of nitrogens with one attached hydrogen (secondary N) is 1. The highest BCUT2D eigenvalue weighted by atomic mass is 35.5. The number of hydrogen-bond acceptors (Lipinski definition) is 4. The number of carbonyl (C=O) groups excluding carboxylic acids is 1. The van der Waals surface area contributed by atoms with Crippen LogP contribution in [0.3, 0.4) is 0 Å². The topological polar surface area (TPSA) is 50.7 Å². The van der Waals surface area contributed by atoms with Crippen LogP contribution in [-0.2, 0) is 16.7 Å². The number of hydrogen-bond donors (Lipinski definition) is 1. The van der Waals surface area contributed by atoms with Crippen molar-refractivity contribution in [3.63, 3.8) is 0 Å². The van der Waals surface area contributed by atoms with Gasteiger partial charge in [-0.15, -0.1) is 11.8 Å². The largest absolute Gasteiger partial charge is 0.483 e. The highest BCUT2D eigenvalue weighted by Crippen LogP contribution is 2.29. The summed E-state index contributed by atoms with van der Waals surface area (Å²) in [4.78, 5) is 13.1. The highest BCUT2D eigenvalue weighted by Gasteiger charge is 2.29. The Kier molecular flexibility index (Phi) is 8.19. The SMILES string of the molecule is O=C(COc1ccccc1CSc1ccc(Cl)cc1)N/N=C\c1ccc(C(F)(F)F)cc1. The average molecular weight is 479 g/mol. The number of alkyl halides is 3. The molecular formula is C23H18ClF3N2O2S. The summed E-state index contributed by atoms with van der Waals surface area (Å²) in [6.45, 7) is -0.257. The van der Waals surface area contributed by atoms with Crippen LogP contribution >= 0.6 is 23.4 Å². The van der Waals surface area contributed by atoms with Crippen molar-refractivity contribution < 1.29 is 22.7 Å². The first-order chi connectivity index (χ1) is 15.3. The van der Waals surface area contributed by atoms with Gasteiger partial charge in [-0.3, -0.25) is 4.79 Å². The fraction of sp³-hybridized carbons (Fsp3) is 0.130. The maximum Gasteiger partial charge on any atom is 0.416 e. The smallest absolute Gasteiger partial charge is 0.416 e. The Balaban J connectivity index is 1.49. The molecule has 0 heterocycles. The second-order valence-electron chi connectivity index (χ2n) is 6.55. The van der Waals surface area contributed by atoms with Crippen molar-refractivity contribution >= 4 is 35.5 Å². The molecule has 0 aliphatic carbocycles. The number of nitrogens with zero attached hydrogens (tertiary/aromatic N) is 1. The van der Waals surface area contributed by atoms with Gasteiger partial charge in [-0.1, -0.05) is 41.9 Å². The molecule has 32 heavy (non-hydrogen) atoms. The minimum Gasteiger partial charge on any atom is -0.483 e. The van der Waals surface area contributed by atoms with E-state index in [2.05, 4.69) is 10.5 Å². The molecule has 1 amide bonds. The molecule has 9 heteroatoms. The maximum atomic E-state index is 12.6. The van der Waals surface area contributed by atoms with Crippen molar-refractivity contribution in [1.29, 1.82) is 0 Å². The molecule has 0 fully saturated rings. The Morgan fingerprint density at radius 1 is 1.03 bits per heavy atom. The van der Waals surface area contributed by atoms with Crippen LogP contribution in [0, 0.1) is 0 Å². The van der Waals surface area contributed by atoms with E-state index in [0.29, 0.717) is 22.1 Å². The van der Waals surface area contributed by atoms with Crippen LogP contribution in [0.1, 0.15) is 16.7 Å². The molecule has 3 rings (SSSR count). The summed E-state index contributed by atoms with van der Waals surface area (Å²) in [5, 5.41) is 4.42. The monoisotopic (exact) mass is 478 g/mol. The first-order valence-electron chi connectivity index (χ1n) is 9.39. The fourth-order valence-electron chi connectivity index (χ4n) is 2.57. The predicted octanol–water partition coefficient (Wildman–Crippen LogP) is 6.18. The van der Waals surface area contributed by atoms with Gasteiger partial charge in [0, 0.05) is 21.2 Å². The zero-order chi connectivity index (χ0) is 23.0. The van der Waals surface area contributed by atoms with Crippen molar-refractivity contribution in [3.05, 3.63) is 94.5 Å². The van der Waals surface area contributed by atoms with Crippen molar-refractivity contribution in [2.45, 2.75) is 16.8 Å². The summed E-state index contributed by atoms with van der Waals surface area (Å²) in [6, 6.07) is 19.3. The quantitative estimate of drug-likeness (QED) is 0.239. The summed E-state index contributed by atoms with van der Waals surface area (Å²) in [5.41, 5.74) is 2.89. The molecule has 4 nitrogen and oxygen atoms in total. The molecule has 0 aliphatic rings. The maximum absolute atomic E-state index is 12.6. The van der Waals surface area contributed by atoms with E-state index in [1.807, 2.05) is 42.5 Å². The zero-order valence-corrected chi connectivity index (χ0v) is 18.2. The van der Waals surface area contributed by atoms with Crippen LogP contribution in [0.15, 0.2) is 82.8 Å². The van der Waals surface area contributed by atoms with Gasteiger partial charge in [-0.2, -0.15) is 18.3 Å². The lowest BCUT2D eigenvalue weighted by atomic mass is 10.1. The first kappa shape index (κ1) is 23.7. The minimum absolute atomic E-state index is 0.257. The van der Waals surface area contributed by atoms with E-state index >= 15 is 0 Å². The van der Waals surface area contributed by atoms with Crippen LogP contribution in [0.2, 0.25) is 5.02 Å². The fourth-order valence-corrected chi connectivity index (χ4v) is 3.58. The van der Waals surface area contributed by atoms with Gasteiger partial charge in [0.15, 0.2) is 6.61 Å². The summed E-state index contributed by atoms with van der Waals surface area (Å²) < 4.78 is 43.3. The van der Waals surface area contributed by atoms with Crippen LogP contribution in [0.5, 0.6) is 5.75 Å². The van der Waals surface area contributed by atoms with Crippen molar-refractivity contribution in [2.24, 2.45) is 5.10 Å². The lowest BCUT2D eigenvalue weighted by Crippen LogP contribution is -2.24. The van der Waals surface area contributed by atoms with Gasteiger partial charge in [-0.25, -0.2) is 5.43 Å². The van der Waals surface area contributed by atoms with Crippen LogP contribution in [-0.4, -0.2) is 18.7 Å². The van der Waals surface area contributed by atoms with E-state index in [1.165, 1.54) is 18.3 Å². The van der Waals surface area contributed by atoms with Gasteiger partial charge in [0.25, 0.3) is 5.91 Å². The van der Waals surface area contributed by atoms with Crippen LogP contribution in [0.4, 0.5) is 13.2 Å². The summed E-state index contributed by atoms with van der Waals surface area (Å²) in [5.74, 6) is 0.732. The molecule has 0 saturated heterocycles. The second-order valence-corrected chi connectivity index (χ2v) is 8.04. The first-order valence-corrected chi connectivity index (χ1v) is 10.8. The van der Waals surface area contributed by atoms with Gasteiger partial charge in [0.2, 0.25) is 0 Å². The molecule has 0 unspecified atom stereocenters. The Morgan fingerprint density at radius 3 is 2.41 bits per heavy atom. The number of thioether (sulfide) groups is 1. The van der Waals surface area contributed by atoms with Crippen LogP contribution in [0.25, 0.3) is 0 Å². The van der Waals surface area contributed by atoms with Gasteiger partial charge < -0.3 is 4.74 Å². The standard InChI is InChI=1S/C23H18ClF3N2O2S/c24-19-9-11-20(12-10-19)32-15-17-3-1-2-4-21(17)31-14-22(30)29-28-13-16-5-7-18(8-6-16)23(25,26)27/h1-13H,14-15H2,(H,29,30)/b28-13-. The Labute approximate surface area is 192 Å². The lowest BCUT2D eigenvalue weighted by Gasteiger charge is -2.10. The molecular weight excluding hydrogens is 461 g/mol. The average Bonchev–Trinajstić information content (AvgIpc) is 2.77. The third-order valence-corrected chi connectivity index (χ3v) is 5.49. The molecule has 0 aromatic heterocycles. The Hall–Kier alpha value is -2.97. The molecule has 3 aromatic rings. The summed E-state index contributed by atoms with van der Waals surface area (Å²) >= 11 is 7.51. The number of ether oxygens (including phenoxy) is 1. The predicted molar refractivity (Wildman–Crippen MR) is 120 cm³/mol. The van der Waals surface area contributed by atoms with E-state index in [-0.39, 0.29) is 6.61 Å². The number of halogens is 4. The minimum atomic E-state index is -4.40. The van der Waals surface area contributed by atoms with Gasteiger partial charge in [-0.05, 0) is 48.0 Å². The number of para-hydroxylation sites is 1. The van der Waals surface area contributed by atoms with E-state index in [9.17, 15) is 18.0 Å². The normalized spacial score (nSPS) is 11.5.